The molecule has 0 bridgehead atoms. The summed E-state index contributed by atoms with van der Waals surface area (Å²) in [7, 11) is 1.50. The predicted molar refractivity (Wildman–Crippen MR) is 61.3 cm³/mol. The van der Waals surface area contributed by atoms with Crippen molar-refractivity contribution in [1.29, 1.82) is 0 Å². The number of carbonyl (C=O) groups is 1. The Balaban J connectivity index is 2.19. The zero-order chi connectivity index (χ0) is 11.4. The minimum absolute atomic E-state index is 0.292. The smallest absolute Gasteiger partial charge is 0.392 e. The maximum Gasteiger partial charge on any atom is 0.413 e. The number of hydrogen-bond acceptors (Lipinski definition) is 4. The van der Waals surface area contributed by atoms with Crippen molar-refractivity contribution in [2.24, 2.45) is 4.99 Å². The molecule has 0 atom stereocenters. The molecule has 1 heterocycles. The molecule has 1 aliphatic heterocycles. The van der Waals surface area contributed by atoms with Gasteiger partial charge in [-0.25, -0.2) is 4.79 Å². The van der Waals surface area contributed by atoms with E-state index < -0.39 is 6.09 Å². The van der Waals surface area contributed by atoms with Gasteiger partial charge in [-0.3, -0.25) is 4.99 Å². The third-order valence-electron chi connectivity index (χ3n) is 2.03. The second kappa shape index (κ2) is 4.48. The Labute approximate surface area is 92.8 Å². The number of nitrogens with one attached hydrogen (secondary N) is 2. The normalized spacial score (nSPS) is 12.9. The highest BCUT2D eigenvalue weighted by Crippen LogP contribution is 2.18. The number of para-hydroxylation sites is 1. The van der Waals surface area contributed by atoms with E-state index in [-0.39, 0.29) is 0 Å². The van der Waals surface area contributed by atoms with Crippen LogP contribution in [0.15, 0.2) is 41.3 Å². The van der Waals surface area contributed by atoms with Crippen molar-refractivity contribution in [2.45, 2.75) is 0 Å². The number of alkyl carbamates (subject to hydrolysis) is 1. The molecule has 0 radical (unpaired) electrons. The number of aliphatic imine (C=N–C) groups is 1. The Hall–Kier alpha value is -2.30. The molecule has 0 unspecified atom stereocenters. The van der Waals surface area contributed by atoms with Gasteiger partial charge in [0.25, 0.3) is 0 Å². The Morgan fingerprint density at radius 3 is 3.06 bits per heavy atom. The van der Waals surface area contributed by atoms with Crippen LogP contribution in [0.5, 0.6) is 0 Å². The first-order chi connectivity index (χ1) is 7.79. The van der Waals surface area contributed by atoms with Gasteiger partial charge in [-0.1, -0.05) is 18.2 Å². The summed E-state index contributed by atoms with van der Waals surface area (Å²) in [6, 6.07) is 7.61. The van der Waals surface area contributed by atoms with Crippen molar-refractivity contribution in [3.05, 3.63) is 41.9 Å². The fraction of sp³-hybridized carbons (Fsp3) is 0.0909. The number of amides is 1. The number of nitrogens with zero attached hydrogens (tertiary/aromatic N) is 1. The summed E-state index contributed by atoms with van der Waals surface area (Å²) in [6.07, 6.45) is 2.62. The van der Waals surface area contributed by atoms with Crippen LogP contribution in [-0.2, 0) is 4.74 Å². The van der Waals surface area contributed by atoms with Crippen LogP contribution in [0.2, 0.25) is 0 Å². The lowest BCUT2D eigenvalue weighted by atomic mass is 10.2. The topological polar surface area (TPSA) is 62.7 Å². The molecule has 82 valence electrons. The molecule has 5 heteroatoms. The lowest BCUT2D eigenvalue weighted by molar-refractivity contribution is 0.179. The number of rotatable bonds is 1. The summed E-state index contributed by atoms with van der Waals surface area (Å²) in [5.41, 5.74) is 1.79. The second-order valence-electron chi connectivity index (χ2n) is 3.12. The molecule has 2 rings (SSSR count). The van der Waals surface area contributed by atoms with Crippen LogP contribution >= 0.6 is 0 Å². The van der Waals surface area contributed by atoms with Crippen LogP contribution in [0.4, 0.5) is 10.5 Å². The maximum absolute atomic E-state index is 11.0. The number of ether oxygens (including phenoxy) is 1. The number of carbonyl (C=O) groups excluding carboxylic acids is 1. The Bertz CT molecular complexity index is 466. The standard InChI is InChI=1S/C11H11N3O2/c1-12-11(15)16-10-7-13-6-8-4-2-3-5-9(8)14-10/h2-7,14H,1H3,(H,12,15). The van der Waals surface area contributed by atoms with Crippen LogP contribution in [-0.4, -0.2) is 19.4 Å². The van der Waals surface area contributed by atoms with Crippen molar-refractivity contribution in [3.63, 3.8) is 0 Å². The average Bonchev–Trinajstić information content (AvgIpc) is 2.50. The summed E-state index contributed by atoms with van der Waals surface area (Å²) in [5.74, 6) is 0.292. The first-order valence-corrected chi connectivity index (χ1v) is 4.78. The van der Waals surface area contributed by atoms with Gasteiger partial charge < -0.3 is 15.4 Å². The number of anilines is 1. The van der Waals surface area contributed by atoms with Crippen molar-refractivity contribution >= 4 is 18.0 Å². The quantitative estimate of drug-likeness (QED) is 0.752. The number of hydrogen-bond donors (Lipinski definition) is 2. The second-order valence-corrected chi connectivity index (χ2v) is 3.12. The Morgan fingerprint density at radius 2 is 2.25 bits per heavy atom. The minimum atomic E-state index is -0.534. The van der Waals surface area contributed by atoms with E-state index in [1.54, 1.807) is 6.21 Å². The van der Waals surface area contributed by atoms with Gasteiger partial charge in [0.15, 0.2) is 0 Å². The van der Waals surface area contributed by atoms with Gasteiger partial charge in [-0.05, 0) is 6.07 Å². The van der Waals surface area contributed by atoms with Gasteiger partial charge in [0, 0.05) is 24.5 Å². The largest absolute Gasteiger partial charge is 0.413 e. The highest BCUT2D eigenvalue weighted by atomic mass is 16.6. The monoisotopic (exact) mass is 217 g/mol. The fourth-order valence-corrected chi connectivity index (χ4v) is 1.28. The van der Waals surface area contributed by atoms with Crippen LogP contribution in [0.3, 0.4) is 0 Å². The van der Waals surface area contributed by atoms with Gasteiger partial charge in [0.2, 0.25) is 5.88 Å². The maximum atomic E-state index is 11.0. The van der Waals surface area contributed by atoms with Gasteiger partial charge >= 0.3 is 6.09 Å². The lowest BCUT2D eigenvalue weighted by Gasteiger charge is -2.10. The van der Waals surface area contributed by atoms with Crippen LogP contribution in [0.25, 0.3) is 0 Å². The molecular formula is C11H11N3O2. The zero-order valence-corrected chi connectivity index (χ0v) is 8.73. The molecule has 0 saturated heterocycles. The number of fused-ring (bicyclic) bond motifs is 1. The summed E-state index contributed by atoms with van der Waals surface area (Å²) < 4.78 is 4.96. The van der Waals surface area contributed by atoms with E-state index in [0.29, 0.717) is 5.88 Å². The number of benzene rings is 1. The minimum Gasteiger partial charge on any atom is -0.392 e. The summed E-state index contributed by atoms with van der Waals surface area (Å²) in [5, 5.41) is 5.34. The molecule has 5 nitrogen and oxygen atoms in total. The zero-order valence-electron chi connectivity index (χ0n) is 8.73. The van der Waals surface area contributed by atoms with Gasteiger partial charge in [0.1, 0.15) is 0 Å². The van der Waals surface area contributed by atoms with Crippen molar-refractivity contribution in [2.75, 3.05) is 12.4 Å². The van der Waals surface area contributed by atoms with E-state index >= 15 is 0 Å². The first-order valence-electron chi connectivity index (χ1n) is 4.78. The van der Waals surface area contributed by atoms with E-state index in [4.69, 9.17) is 4.74 Å². The van der Waals surface area contributed by atoms with Gasteiger partial charge in [0.05, 0.1) is 6.20 Å². The third kappa shape index (κ3) is 2.20. The molecule has 0 aliphatic carbocycles. The van der Waals surface area contributed by atoms with Gasteiger partial charge in [-0.15, -0.1) is 0 Å². The molecule has 0 fully saturated rings. The average molecular weight is 217 g/mol. The van der Waals surface area contributed by atoms with Crippen molar-refractivity contribution < 1.29 is 9.53 Å². The van der Waals surface area contributed by atoms with Crippen LogP contribution in [0, 0.1) is 0 Å². The lowest BCUT2D eigenvalue weighted by Crippen LogP contribution is -2.21. The molecule has 2 N–H and O–H groups in total. The van der Waals surface area contributed by atoms with Crippen molar-refractivity contribution in [1.82, 2.24) is 5.32 Å². The van der Waals surface area contributed by atoms with E-state index in [9.17, 15) is 4.79 Å². The molecule has 1 aromatic carbocycles. The molecule has 16 heavy (non-hydrogen) atoms. The highest BCUT2D eigenvalue weighted by Gasteiger charge is 2.09. The Kier molecular flexibility index (Phi) is 2.86. The Morgan fingerprint density at radius 1 is 1.44 bits per heavy atom. The molecule has 0 spiro atoms. The first kappa shape index (κ1) is 10.2. The van der Waals surface area contributed by atoms with Crippen LogP contribution < -0.4 is 10.6 Å². The highest BCUT2D eigenvalue weighted by molar-refractivity contribution is 5.89. The summed E-state index contributed by atoms with van der Waals surface area (Å²) in [4.78, 5) is 15.1. The third-order valence-corrected chi connectivity index (χ3v) is 2.03. The molecule has 1 aromatic rings. The van der Waals surface area contributed by atoms with Crippen LogP contribution in [0.1, 0.15) is 5.56 Å². The molecule has 1 aliphatic rings. The van der Waals surface area contributed by atoms with Crippen molar-refractivity contribution in [3.8, 4) is 0 Å². The predicted octanol–water partition coefficient (Wildman–Crippen LogP) is 1.69. The van der Waals surface area contributed by atoms with E-state index in [1.807, 2.05) is 24.3 Å². The molecular weight excluding hydrogens is 206 g/mol. The summed E-state index contributed by atoms with van der Waals surface area (Å²) in [6.45, 7) is 0. The molecule has 1 amide bonds. The van der Waals surface area contributed by atoms with E-state index in [2.05, 4.69) is 15.6 Å². The summed E-state index contributed by atoms with van der Waals surface area (Å²) >= 11 is 0. The van der Waals surface area contributed by atoms with E-state index in [1.165, 1.54) is 13.2 Å². The fourth-order valence-electron chi connectivity index (χ4n) is 1.28. The molecule has 0 aromatic heterocycles. The molecule has 0 saturated carbocycles. The SMILES string of the molecule is CNC(=O)OC1=CN=Cc2ccccc2N1. The van der Waals surface area contributed by atoms with E-state index in [0.717, 1.165) is 11.3 Å². The van der Waals surface area contributed by atoms with Gasteiger partial charge in [-0.2, -0.15) is 0 Å².